The first-order valence-electron chi connectivity index (χ1n) is 8.54. The second-order valence-electron chi connectivity index (χ2n) is 6.29. The zero-order chi connectivity index (χ0) is 17.9. The fraction of sp³-hybridized carbons (Fsp3) is 0.263. The Hall–Kier alpha value is -3.22. The largest absolute Gasteiger partial charge is 0.481 e. The van der Waals surface area contributed by atoms with Gasteiger partial charge in [-0.1, -0.05) is 35.5 Å². The molecule has 1 saturated heterocycles. The fourth-order valence-corrected chi connectivity index (χ4v) is 3.13. The summed E-state index contributed by atoms with van der Waals surface area (Å²) >= 11 is 0. The highest BCUT2D eigenvalue weighted by Gasteiger charge is 2.25. The van der Waals surface area contributed by atoms with Crippen molar-refractivity contribution >= 4 is 11.8 Å². The Labute approximate surface area is 150 Å². The van der Waals surface area contributed by atoms with Gasteiger partial charge in [0.15, 0.2) is 0 Å². The van der Waals surface area contributed by atoms with Crippen LogP contribution in [0.25, 0.3) is 22.8 Å². The molecule has 3 aromatic rings. The van der Waals surface area contributed by atoms with Crippen LogP contribution in [0.4, 0.5) is 5.82 Å². The van der Waals surface area contributed by atoms with Gasteiger partial charge in [0.25, 0.3) is 5.89 Å². The van der Waals surface area contributed by atoms with E-state index in [1.54, 1.807) is 6.20 Å². The lowest BCUT2D eigenvalue weighted by Gasteiger charge is -2.31. The highest BCUT2D eigenvalue weighted by atomic mass is 16.5. The summed E-state index contributed by atoms with van der Waals surface area (Å²) in [6, 6.07) is 13.4. The van der Waals surface area contributed by atoms with Gasteiger partial charge in [-0.05, 0) is 25.0 Å². The van der Waals surface area contributed by atoms with Crippen molar-refractivity contribution in [3.63, 3.8) is 0 Å². The summed E-state index contributed by atoms with van der Waals surface area (Å²) in [5.74, 6) is 0.796. The highest BCUT2D eigenvalue weighted by Crippen LogP contribution is 2.27. The number of aliphatic carboxylic acids is 1. The smallest absolute Gasteiger partial charge is 0.306 e. The van der Waals surface area contributed by atoms with Crippen LogP contribution in [0, 0.1) is 5.92 Å². The molecule has 7 heteroatoms. The van der Waals surface area contributed by atoms with E-state index in [9.17, 15) is 4.79 Å². The van der Waals surface area contributed by atoms with Crippen molar-refractivity contribution in [3.8, 4) is 22.8 Å². The SMILES string of the molecule is O=C(O)C1CCN(c2cc(-c3nc(-c4ccccc4)no3)ccn2)CC1. The lowest BCUT2D eigenvalue weighted by atomic mass is 9.97. The molecule has 1 aliphatic heterocycles. The van der Waals surface area contributed by atoms with Crippen LogP contribution in [0.1, 0.15) is 12.8 Å². The van der Waals surface area contributed by atoms with Gasteiger partial charge in [-0.25, -0.2) is 4.98 Å². The normalized spacial score (nSPS) is 15.2. The molecule has 0 saturated carbocycles. The van der Waals surface area contributed by atoms with Gasteiger partial charge in [0.05, 0.1) is 5.92 Å². The Morgan fingerprint density at radius 3 is 2.62 bits per heavy atom. The zero-order valence-electron chi connectivity index (χ0n) is 14.1. The summed E-state index contributed by atoms with van der Waals surface area (Å²) in [6.45, 7) is 1.35. The van der Waals surface area contributed by atoms with Crippen molar-refractivity contribution in [1.29, 1.82) is 0 Å². The van der Waals surface area contributed by atoms with Crippen molar-refractivity contribution in [2.45, 2.75) is 12.8 Å². The average Bonchev–Trinajstić information content (AvgIpc) is 3.19. The molecule has 3 heterocycles. The first kappa shape index (κ1) is 16.3. The predicted molar refractivity (Wildman–Crippen MR) is 95.5 cm³/mol. The van der Waals surface area contributed by atoms with Crippen LogP contribution in [0.15, 0.2) is 53.2 Å². The Kier molecular flexibility index (Phi) is 4.35. The van der Waals surface area contributed by atoms with Gasteiger partial charge < -0.3 is 14.5 Å². The molecule has 2 aromatic heterocycles. The first-order valence-corrected chi connectivity index (χ1v) is 8.54. The molecule has 132 valence electrons. The van der Waals surface area contributed by atoms with E-state index in [1.165, 1.54) is 0 Å². The van der Waals surface area contributed by atoms with Crippen molar-refractivity contribution in [2.75, 3.05) is 18.0 Å². The van der Waals surface area contributed by atoms with Crippen molar-refractivity contribution in [3.05, 3.63) is 48.7 Å². The second kappa shape index (κ2) is 6.95. The third-order valence-corrected chi connectivity index (χ3v) is 4.62. The number of aromatic nitrogens is 3. The maximum atomic E-state index is 11.1. The number of carboxylic acid groups (broad SMARTS) is 1. The molecule has 1 N–H and O–H groups in total. The van der Waals surface area contributed by atoms with Gasteiger partial charge in [0, 0.05) is 30.4 Å². The molecule has 0 unspecified atom stereocenters. The van der Waals surface area contributed by atoms with Crippen LogP contribution in [0.3, 0.4) is 0 Å². The van der Waals surface area contributed by atoms with E-state index in [0.717, 1.165) is 16.9 Å². The molecule has 0 radical (unpaired) electrons. The number of benzene rings is 1. The van der Waals surface area contributed by atoms with Gasteiger partial charge >= 0.3 is 5.97 Å². The summed E-state index contributed by atoms with van der Waals surface area (Å²) < 4.78 is 5.41. The molecule has 26 heavy (non-hydrogen) atoms. The van der Waals surface area contributed by atoms with Crippen molar-refractivity contribution in [2.24, 2.45) is 5.92 Å². The van der Waals surface area contributed by atoms with Gasteiger partial charge in [-0.3, -0.25) is 4.79 Å². The summed E-state index contributed by atoms with van der Waals surface area (Å²) in [7, 11) is 0. The van der Waals surface area contributed by atoms with E-state index in [-0.39, 0.29) is 5.92 Å². The number of anilines is 1. The molecule has 4 rings (SSSR count). The van der Waals surface area contributed by atoms with Crippen LogP contribution in [0.2, 0.25) is 0 Å². The van der Waals surface area contributed by atoms with Gasteiger partial charge in [0.2, 0.25) is 5.82 Å². The minimum absolute atomic E-state index is 0.265. The molecule has 1 aliphatic rings. The van der Waals surface area contributed by atoms with E-state index in [1.807, 2.05) is 42.5 Å². The Bertz CT molecular complexity index is 902. The molecular formula is C19H18N4O3. The van der Waals surface area contributed by atoms with Crippen molar-refractivity contribution < 1.29 is 14.4 Å². The topological polar surface area (TPSA) is 92.3 Å². The first-order chi connectivity index (χ1) is 12.7. The fourth-order valence-electron chi connectivity index (χ4n) is 3.13. The maximum absolute atomic E-state index is 11.1. The number of carboxylic acids is 1. The summed E-state index contributed by atoms with van der Waals surface area (Å²) in [4.78, 5) is 22.1. The van der Waals surface area contributed by atoms with E-state index in [0.29, 0.717) is 37.6 Å². The van der Waals surface area contributed by atoms with Crippen LogP contribution < -0.4 is 4.90 Å². The van der Waals surface area contributed by atoms with E-state index in [2.05, 4.69) is 20.0 Å². The molecular weight excluding hydrogens is 332 g/mol. The minimum atomic E-state index is -0.717. The molecule has 7 nitrogen and oxygen atoms in total. The second-order valence-corrected chi connectivity index (χ2v) is 6.29. The number of carbonyl (C=O) groups is 1. The summed E-state index contributed by atoms with van der Waals surface area (Å²) in [5.41, 5.74) is 1.69. The lowest BCUT2D eigenvalue weighted by molar-refractivity contribution is -0.142. The van der Waals surface area contributed by atoms with E-state index < -0.39 is 5.97 Å². The standard InChI is InChI=1S/C19H18N4O3/c24-19(25)14-7-10-23(11-8-14)16-12-15(6-9-20-16)18-21-17(22-26-18)13-4-2-1-3-5-13/h1-6,9,12,14H,7-8,10-11H2,(H,24,25). The van der Waals surface area contributed by atoms with Crippen LogP contribution in [0.5, 0.6) is 0 Å². The quantitative estimate of drug-likeness (QED) is 0.773. The summed E-state index contributed by atoms with van der Waals surface area (Å²) in [5, 5.41) is 13.2. The molecule has 0 bridgehead atoms. The molecule has 0 spiro atoms. The van der Waals surface area contributed by atoms with Crippen LogP contribution in [-0.2, 0) is 4.79 Å². The van der Waals surface area contributed by atoms with E-state index in [4.69, 9.17) is 9.63 Å². The number of hydrogen-bond acceptors (Lipinski definition) is 6. The number of pyridine rings is 1. The van der Waals surface area contributed by atoms with Gasteiger partial charge in [-0.15, -0.1) is 0 Å². The van der Waals surface area contributed by atoms with Crippen LogP contribution >= 0.6 is 0 Å². The Balaban J connectivity index is 1.53. The third-order valence-electron chi connectivity index (χ3n) is 4.62. The number of rotatable bonds is 4. The molecule has 0 aliphatic carbocycles. The van der Waals surface area contributed by atoms with Gasteiger partial charge in [-0.2, -0.15) is 4.98 Å². The number of nitrogens with zero attached hydrogens (tertiary/aromatic N) is 4. The monoisotopic (exact) mass is 350 g/mol. The summed E-state index contributed by atoms with van der Waals surface area (Å²) in [6.07, 6.45) is 2.96. The molecule has 0 amide bonds. The maximum Gasteiger partial charge on any atom is 0.306 e. The number of piperidine rings is 1. The Morgan fingerprint density at radius 1 is 1.12 bits per heavy atom. The van der Waals surface area contributed by atoms with Crippen molar-refractivity contribution in [1.82, 2.24) is 15.1 Å². The lowest BCUT2D eigenvalue weighted by Crippen LogP contribution is -2.36. The Morgan fingerprint density at radius 2 is 1.88 bits per heavy atom. The van der Waals surface area contributed by atoms with Crippen LogP contribution in [-0.4, -0.2) is 39.3 Å². The number of hydrogen-bond donors (Lipinski definition) is 1. The predicted octanol–water partition coefficient (Wildman–Crippen LogP) is 3.10. The molecule has 1 aromatic carbocycles. The molecule has 0 atom stereocenters. The van der Waals surface area contributed by atoms with Gasteiger partial charge in [0.1, 0.15) is 5.82 Å². The highest BCUT2D eigenvalue weighted by molar-refractivity contribution is 5.70. The third kappa shape index (κ3) is 3.28. The molecule has 1 fully saturated rings. The minimum Gasteiger partial charge on any atom is -0.481 e. The average molecular weight is 350 g/mol. The van der Waals surface area contributed by atoms with E-state index >= 15 is 0 Å². The zero-order valence-corrected chi connectivity index (χ0v) is 14.1.